The second-order valence-electron chi connectivity index (χ2n) is 4.22. The van der Waals surface area contributed by atoms with E-state index < -0.39 is 11.8 Å². The lowest BCUT2D eigenvalue weighted by molar-refractivity contribution is -0.146. The highest BCUT2D eigenvalue weighted by Crippen LogP contribution is 2.28. The maximum Gasteiger partial charge on any atom is 0.376 e. The average molecular weight is 208 g/mol. The highest BCUT2D eigenvalue weighted by atomic mass is 16.4. The van der Waals surface area contributed by atoms with Crippen LogP contribution in [0.3, 0.4) is 0 Å². The van der Waals surface area contributed by atoms with Crippen LogP contribution >= 0.6 is 0 Å². The molecule has 1 N–H and O–H groups in total. The Bertz CT molecular complexity index is 326. The molecule has 1 rings (SSSR count). The largest absolute Gasteiger partial charge is 0.475 e. The number of aliphatic carboxylic acids is 1. The first-order valence-electron chi connectivity index (χ1n) is 5.11. The normalized spacial score (nSPS) is 26.4. The molecule has 0 radical (unpaired) electrons. The molecule has 0 saturated carbocycles. The number of carboxylic acid groups (broad SMARTS) is 1. The van der Waals surface area contributed by atoms with Crippen LogP contribution in [0.15, 0.2) is 23.8 Å². The Morgan fingerprint density at radius 3 is 2.73 bits per heavy atom. The average Bonchev–Trinajstić information content (AvgIpc) is 2.12. The molecule has 0 aromatic heterocycles. The molecule has 0 aromatic rings. The molecular weight excluding hydrogens is 192 g/mol. The second kappa shape index (κ2) is 4.91. The van der Waals surface area contributed by atoms with E-state index in [1.165, 1.54) is 11.6 Å². The monoisotopic (exact) mass is 208 g/mol. The molecule has 0 aromatic carbocycles. The summed E-state index contributed by atoms with van der Waals surface area (Å²) in [5.74, 6) is -1.42. The summed E-state index contributed by atoms with van der Waals surface area (Å²) in [7, 11) is 0. The first kappa shape index (κ1) is 11.7. The van der Waals surface area contributed by atoms with Gasteiger partial charge < -0.3 is 5.11 Å². The molecule has 0 saturated heterocycles. The summed E-state index contributed by atoms with van der Waals surface area (Å²) in [5.41, 5.74) is 1.31. The van der Waals surface area contributed by atoms with Gasteiger partial charge in [-0.15, -0.1) is 0 Å². The molecule has 82 valence electrons. The Kier molecular flexibility index (Phi) is 3.83. The lowest BCUT2D eigenvalue weighted by atomic mass is 9.83. The minimum atomic E-state index is -1.39. The highest BCUT2D eigenvalue weighted by Gasteiger charge is 2.16. The third kappa shape index (κ3) is 3.70. The molecule has 0 bridgehead atoms. The third-order valence-corrected chi connectivity index (χ3v) is 2.56. The van der Waals surface area contributed by atoms with E-state index in [0.29, 0.717) is 11.8 Å². The van der Waals surface area contributed by atoms with Crippen molar-refractivity contribution < 1.29 is 14.7 Å². The van der Waals surface area contributed by atoms with Gasteiger partial charge in [0, 0.05) is 0 Å². The molecule has 0 aliphatic heterocycles. The van der Waals surface area contributed by atoms with Crippen molar-refractivity contribution >= 4 is 11.8 Å². The predicted molar refractivity (Wildman–Crippen MR) is 57.4 cm³/mol. The van der Waals surface area contributed by atoms with Gasteiger partial charge in [-0.25, -0.2) is 4.79 Å². The number of hydrogen-bond donors (Lipinski definition) is 1. The summed E-state index contributed by atoms with van der Waals surface area (Å²) in [6, 6.07) is 0. The van der Waals surface area contributed by atoms with E-state index >= 15 is 0 Å². The molecular formula is C12H16O3. The number of ketones is 1. The van der Waals surface area contributed by atoms with Gasteiger partial charge in [-0.1, -0.05) is 24.6 Å². The highest BCUT2D eigenvalue weighted by molar-refractivity contribution is 6.37. The van der Waals surface area contributed by atoms with E-state index in [-0.39, 0.29) is 0 Å². The molecule has 1 aliphatic carbocycles. The van der Waals surface area contributed by atoms with Crippen molar-refractivity contribution in [1.29, 1.82) is 0 Å². The Hall–Kier alpha value is -1.38. The number of rotatable bonds is 3. The number of carboxylic acids is 1. The van der Waals surface area contributed by atoms with Crippen molar-refractivity contribution in [1.82, 2.24) is 0 Å². The first-order chi connectivity index (χ1) is 6.99. The van der Waals surface area contributed by atoms with E-state index in [4.69, 9.17) is 5.11 Å². The van der Waals surface area contributed by atoms with E-state index in [9.17, 15) is 9.59 Å². The molecule has 15 heavy (non-hydrogen) atoms. The van der Waals surface area contributed by atoms with Gasteiger partial charge in [0.25, 0.3) is 5.78 Å². The second-order valence-corrected chi connectivity index (χ2v) is 4.22. The van der Waals surface area contributed by atoms with Crippen molar-refractivity contribution in [2.45, 2.75) is 26.7 Å². The fraction of sp³-hybridized carbons (Fsp3) is 0.500. The van der Waals surface area contributed by atoms with Gasteiger partial charge in [0.05, 0.1) is 0 Å². The van der Waals surface area contributed by atoms with Gasteiger partial charge >= 0.3 is 5.97 Å². The summed E-state index contributed by atoms with van der Waals surface area (Å²) in [6.45, 7) is 4.19. The van der Waals surface area contributed by atoms with E-state index in [2.05, 4.69) is 19.9 Å². The molecule has 2 atom stereocenters. The van der Waals surface area contributed by atoms with Crippen molar-refractivity contribution in [2.75, 3.05) is 0 Å². The minimum Gasteiger partial charge on any atom is -0.475 e. The van der Waals surface area contributed by atoms with Crippen molar-refractivity contribution in [3.05, 3.63) is 23.8 Å². The Morgan fingerprint density at radius 2 is 2.20 bits per heavy atom. The molecule has 0 spiro atoms. The van der Waals surface area contributed by atoms with Crippen LogP contribution in [0.2, 0.25) is 0 Å². The zero-order valence-corrected chi connectivity index (χ0v) is 9.06. The van der Waals surface area contributed by atoms with Crippen LogP contribution in [0.1, 0.15) is 26.7 Å². The maximum absolute atomic E-state index is 10.8. The standard InChI is InChI=1S/C12H16O3/c1-8-5-9(2)7-10(6-8)3-4-11(13)12(14)15/h3-5,8,10H,6-7H2,1-2H3,(H,14,15)/b4-3+. The molecule has 2 unspecified atom stereocenters. The van der Waals surface area contributed by atoms with Gasteiger partial charge in [0.15, 0.2) is 0 Å². The third-order valence-electron chi connectivity index (χ3n) is 2.56. The fourth-order valence-electron chi connectivity index (χ4n) is 2.04. The topological polar surface area (TPSA) is 54.4 Å². The molecule has 1 aliphatic rings. The van der Waals surface area contributed by atoms with Crippen LogP contribution in [0.5, 0.6) is 0 Å². The quantitative estimate of drug-likeness (QED) is 0.439. The van der Waals surface area contributed by atoms with Crippen LogP contribution in [-0.4, -0.2) is 16.9 Å². The first-order valence-corrected chi connectivity index (χ1v) is 5.11. The van der Waals surface area contributed by atoms with Gasteiger partial charge in [-0.05, 0) is 37.7 Å². The number of allylic oxidation sites excluding steroid dienone is 3. The van der Waals surface area contributed by atoms with Gasteiger partial charge in [0.1, 0.15) is 0 Å². The van der Waals surface area contributed by atoms with Crippen LogP contribution in [0.4, 0.5) is 0 Å². The molecule has 0 heterocycles. The van der Waals surface area contributed by atoms with Crippen molar-refractivity contribution in [2.24, 2.45) is 11.8 Å². The SMILES string of the molecule is CC1=CC(C)CC(/C=C/C(=O)C(=O)O)C1. The van der Waals surface area contributed by atoms with E-state index in [0.717, 1.165) is 12.8 Å². The summed E-state index contributed by atoms with van der Waals surface area (Å²) in [4.78, 5) is 21.1. The van der Waals surface area contributed by atoms with Crippen molar-refractivity contribution in [3.8, 4) is 0 Å². The summed E-state index contributed by atoms with van der Waals surface area (Å²) < 4.78 is 0. The number of carbonyl (C=O) groups is 2. The summed E-state index contributed by atoms with van der Waals surface area (Å²) >= 11 is 0. The fourth-order valence-corrected chi connectivity index (χ4v) is 2.04. The zero-order valence-electron chi connectivity index (χ0n) is 9.06. The van der Waals surface area contributed by atoms with Gasteiger partial charge in [0.2, 0.25) is 0 Å². The summed E-state index contributed by atoms with van der Waals surface area (Å²) in [6.07, 6.45) is 7.04. The maximum atomic E-state index is 10.8. The molecule has 0 amide bonds. The van der Waals surface area contributed by atoms with Crippen molar-refractivity contribution in [3.63, 3.8) is 0 Å². The molecule has 3 nitrogen and oxygen atoms in total. The molecule has 3 heteroatoms. The lowest BCUT2D eigenvalue weighted by Gasteiger charge is -2.22. The smallest absolute Gasteiger partial charge is 0.376 e. The summed E-state index contributed by atoms with van der Waals surface area (Å²) in [5, 5.41) is 8.40. The lowest BCUT2D eigenvalue weighted by Crippen LogP contribution is -2.12. The Balaban J connectivity index is 2.57. The Morgan fingerprint density at radius 1 is 1.53 bits per heavy atom. The predicted octanol–water partition coefficient (Wildman–Crippen LogP) is 2.19. The molecule has 0 fully saturated rings. The number of carbonyl (C=O) groups excluding carboxylic acids is 1. The Labute approximate surface area is 89.5 Å². The van der Waals surface area contributed by atoms with Crippen LogP contribution in [-0.2, 0) is 9.59 Å². The van der Waals surface area contributed by atoms with Gasteiger partial charge in [-0.3, -0.25) is 4.79 Å². The van der Waals surface area contributed by atoms with Crippen LogP contribution in [0, 0.1) is 11.8 Å². The number of hydrogen-bond acceptors (Lipinski definition) is 2. The van der Waals surface area contributed by atoms with Crippen LogP contribution in [0.25, 0.3) is 0 Å². The van der Waals surface area contributed by atoms with Crippen LogP contribution < -0.4 is 0 Å². The zero-order chi connectivity index (χ0) is 11.4. The van der Waals surface area contributed by atoms with E-state index in [1.807, 2.05) is 0 Å². The minimum absolute atomic E-state index is 0.299. The van der Waals surface area contributed by atoms with E-state index in [1.54, 1.807) is 6.08 Å². The van der Waals surface area contributed by atoms with Gasteiger partial charge in [-0.2, -0.15) is 0 Å².